The van der Waals surface area contributed by atoms with Crippen LogP contribution in [0.1, 0.15) is 44.9 Å². The van der Waals surface area contributed by atoms with Crippen LogP contribution in [0.25, 0.3) is 0 Å². The summed E-state index contributed by atoms with van der Waals surface area (Å²) in [4.78, 5) is 16.7. The van der Waals surface area contributed by atoms with Crippen LogP contribution in [0.5, 0.6) is 0 Å². The van der Waals surface area contributed by atoms with Crippen LogP contribution in [-0.4, -0.2) is 29.1 Å². The topological polar surface area (TPSA) is 42.4 Å². The second kappa shape index (κ2) is 6.62. The van der Waals surface area contributed by atoms with Crippen molar-refractivity contribution >= 4 is 11.8 Å². The van der Waals surface area contributed by atoms with E-state index in [-0.39, 0.29) is 19.0 Å². The van der Waals surface area contributed by atoms with Gasteiger partial charge in [-0.2, -0.15) is 26.3 Å². The predicted octanol–water partition coefficient (Wildman–Crippen LogP) is 4.43. The van der Waals surface area contributed by atoms with E-state index in [1.807, 2.05) is 0 Å². The molecule has 146 valence electrons. The molecular weight excluding hydrogens is 366 g/mol. The molecule has 0 aliphatic carbocycles. The Kier molecular flexibility index (Phi) is 5.17. The smallest absolute Gasteiger partial charge is 0.433 e. The number of aromatic nitrogens is 1. The summed E-state index contributed by atoms with van der Waals surface area (Å²) in [6.45, 7) is 4.97. The van der Waals surface area contributed by atoms with Crippen LogP contribution in [0.2, 0.25) is 0 Å². The number of esters is 1. The van der Waals surface area contributed by atoms with Crippen molar-refractivity contribution in [2.24, 2.45) is 0 Å². The van der Waals surface area contributed by atoms with Crippen molar-refractivity contribution in [3.8, 4) is 0 Å². The van der Waals surface area contributed by atoms with E-state index < -0.39 is 47.0 Å². The van der Waals surface area contributed by atoms with Gasteiger partial charge in [0, 0.05) is 6.54 Å². The Balaban J connectivity index is 2.44. The summed E-state index contributed by atoms with van der Waals surface area (Å²) in [7, 11) is 0. The number of hydrogen-bond acceptors (Lipinski definition) is 4. The average Bonchev–Trinajstić information content (AvgIpc) is 2.92. The van der Waals surface area contributed by atoms with E-state index in [0.717, 1.165) is 4.90 Å². The first-order chi connectivity index (χ1) is 11.7. The number of hydrogen-bond donors (Lipinski definition) is 0. The van der Waals surface area contributed by atoms with Gasteiger partial charge in [0.1, 0.15) is 23.2 Å². The maximum Gasteiger partial charge on any atom is 0.433 e. The lowest BCUT2D eigenvalue weighted by Gasteiger charge is -2.28. The third kappa shape index (κ3) is 4.79. The maximum atomic E-state index is 13.0. The number of nitrogens with zero attached hydrogens (tertiary/aromatic N) is 2. The fraction of sp³-hybridized carbons (Fsp3) is 0.625. The lowest BCUT2D eigenvalue weighted by atomic mass is 10.1. The van der Waals surface area contributed by atoms with Gasteiger partial charge in [0.15, 0.2) is 0 Å². The van der Waals surface area contributed by atoms with E-state index in [4.69, 9.17) is 4.74 Å². The second-order valence-corrected chi connectivity index (χ2v) is 6.98. The molecule has 26 heavy (non-hydrogen) atoms. The zero-order valence-corrected chi connectivity index (χ0v) is 14.3. The molecular formula is C16H18F6N2O2. The Labute approximate surface area is 146 Å². The highest BCUT2D eigenvalue weighted by molar-refractivity contribution is 5.80. The summed E-state index contributed by atoms with van der Waals surface area (Å²) in [6.07, 6.45) is -9.34. The van der Waals surface area contributed by atoms with Gasteiger partial charge in [0.05, 0.1) is 5.56 Å². The molecule has 0 spiro atoms. The molecule has 2 rings (SSSR count). The first-order valence-electron chi connectivity index (χ1n) is 7.84. The van der Waals surface area contributed by atoms with Crippen molar-refractivity contribution in [1.82, 2.24) is 4.98 Å². The van der Waals surface area contributed by atoms with E-state index in [1.165, 1.54) is 0 Å². The van der Waals surface area contributed by atoms with Crippen LogP contribution in [0.4, 0.5) is 32.2 Å². The highest BCUT2D eigenvalue weighted by Gasteiger charge is 2.41. The molecule has 0 saturated carbocycles. The number of pyridine rings is 1. The van der Waals surface area contributed by atoms with Gasteiger partial charge in [-0.05, 0) is 45.7 Å². The third-order valence-corrected chi connectivity index (χ3v) is 3.66. The lowest BCUT2D eigenvalue weighted by molar-refractivity contribution is -0.156. The summed E-state index contributed by atoms with van der Waals surface area (Å²) in [6, 6.07) is -0.494. The number of halogens is 6. The minimum absolute atomic E-state index is 0.0396. The fourth-order valence-corrected chi connectivity index (χ4v) is 2.63. The molecule has 1 aromatic heterocycles. The zero-order valence-electron chi connectivity index (χ0n) is 14.3. The number of anilines is 1. The van der Waals surface area contributed by atoms with Gasteiger partial charge >= 0.3 is 18.3 Å². The quantitative estimate of drug-likeness (QED) is 0.559. The highest BCUT2D eigenvalue weighted by Crippen LogP contribution is 2.38. The minimum Gasteiger partial charge on any atom is -0.458 e. The van der Waals surface area contributed by atoms with Gasteiger partial charge in [-0.15, -0.1) is 0 Å². The molecule has 1 saturated heterocycles. The van der Waals surface area contributed by atoms with Crippen molar-refractivity contribution in [3.63, 3.8) is 0 Å². The van der Waals surface area contributed by atoms with E-state index in [0.29, 0.717) is 12.5 Å². The van der Waals surface area contributed by atoms with Gasteiger partial charge in [-0.1, -0.05) is 0 Å². The van der Waals surface area contributed by atoms with Gasteiger partial charge in [0.2, 0.25) is 0 Å². The fourth-order valence-electron chi connectivity index (χ4n) is 2.63. The number of ether oxygens (including phenoxy) is 1. The Hall–Kier alpha value is -2.00. The van der Waals surface area contributed by atoms with Crippen molar-refractivity contribution in [3.05, 3.63) is 23.4 Å². The Morgan fingerprint density at radius 1 is 1.12 bits per heavy atom. The molecule has 0 amide bonds. The van der Waals surface area contributed by atoms with E-state index >= 15 is 0 Å². The second-order valence-electron chi connectivity index (χ2n) is 6.98. The first kappa shape index (κ1) is 20.3. The predicted molar refractivity (Wildman–Crippen MR) is 80.5 cm³/mol. The Morgan fingerprint density at radius 2 is 1.73 bits per heavy atom. The summed E-state index contributed by atoms with van der Waals surface area (Å²) in [5.74, 6) is -1.25. The molecule has 1 aromatic rings. The van der Waals surface area contributed by atoms with Crippen molar-refractivity contribution < 1.29 is 35.9 Å². The van der Waals surface area contributed by atoms with Crippen molar-refractivity contribution in [2.45, 2.75) is 57.6 Å². The van der Waals surface area contributed by atoms with Crippen molar-refractivity contribution in [1.29, 1.82) is 0 Å². The van der Waals surface area contributed by atoms with Gasteiger partial charge in [0.25, 0.3) is 0 Å². The monoisotopic (exact) mass is 384 g/mol. The average molecular weight is 384 g/mol. The summed E-state index contributed by atoms with van der Waals surface area (Å²) < 4.78 is 83.1. The molecule has 2 heterocycles. The third-order valence-electron chi connectivity index (χ3n) is 3.66. The first-order valence-corrected chi connectivity index (χ1v) is 7.84. The molecule has 1 fully saturated rings. The van der Waals surface area contributed by atoms with Crippen LogP contribution < -0.4 is 4.90 Å². The molecule has 0 bridgehead atoms. The summed E-state index contributed by atoms with van der Waals surface area (Å²) >= 11 is 0. The minimum atomic E-state index is -5.04. The van der Waals surface area contributed by atoms with E-state index in [9.17, 15) is 31.1 Å². The molecule has 0 aromatic carbocycles. The number of carbonyl (C=O) groups is 1. The molecule has 0 radical (unpaired) electrons. The Bertz CT molecular complexity index is 647. The van der Waals surface area contributed by atoms with Crippen LogP contribution in [-0.2, 0) is 21.9 Å². The molecule has 1 aliphatic heterocycles. The SMILES string of the molecule is CC(C)(C)OC(=O)[C@@H]1CCCN1c1cc(C(F)(F)F)cc(C(F)(F)F)n1. The molecule has 1 atom stereocenters. The van der Waals surface area contributed by atoms with Crippen molar-refractivity contribution in [2.75, 3.05) is 11.4 Å². The summed E-state index contributed by atoms with van der Waals surface area (Å²) in [5.41, 5.74) is -3.95. The Morgan fingerprint density at radius 3 is 2.23 bits per heavy atom. The number of rotatable bonds is 2. The normalized spacial score (nSPS) is 19.0. The van der Waals surface area contributed by atoms with E-state index in [2.05, 4.69) is 4.98 Å². The standard InChI is InChI=1S/C16H18F6N2O2/c1-14(2,3)26-13(25)10-5-4-6-24(10)12-8-9(15(17,18)19)7-11(23-12)16(20,21)22/h7-8,10H,4-6H2,1-3H3/t10-/m0/s1. The van der Waals surface area contributed by atoms with E-state index in [1.54, 1.807) is 20.8 Å². The number of carbonyl (C=O) groups excluding carboxylic acids is 1. The maximum absolute atomic E-state index is 13.0. The van der Waals surface area contributed by atoms with Crippen LogP contribution >= 0.6 is 0 Å². The molecule has 10 heteroatoms. The lowest BCUT2D eigenvalue weighted by Crippen LogP contribution is -2.41. The molecule has 0 unspecified atom stereocenters. The van der Waals surface area contributed by atoms with Gasteiger partial charge in [-0.25, -0.2) is 9.78 Å². The van der Waals surface area contributed by atoms with Crippen LogP contribution in [0.3, 0.4) is 0 Å². The van der Waals surface area contributed by atoms with Crippen LogP contribution in [0, 0.1) is 0 Å². The largest absolute Gasteiger partial charge is 0.458 e. The zero-order chi connectivity index (χ0) is 19.9. The molecule has 4 nitrogen and oxygen atoms in total. The number of alkyl halides is 6. The summed E-state index contributed by atoms with van der Waals surface area (Å²) in [5, 5.41) is 0. The van der Waals surface area contributed by atoms with Gasteiger partial charge in [-0.3, -0.25) is 0 Å². The van der Waals surface area contributed by atoms with Gasteiger partial charge < -0.3 is 9.64 Å². The molecule has 0 N–H and O–H groups in total. The highest BCUT2D eigenvalue weighted by atomic mass is 19.4. The molecule has 1 aliphatic rings. The van der Waals surface area contributed by atoms with Crippen LogP contribution in [0.15, 0.2) is 12.1 Å².